The van der Waals surface area contributed by atoms with Gasteiger partial charge in [0.2, 0.25) is 5.91 Å². The summed E-state index contributed by atoms with van der Waals surface area (Å²) in [6, 6.07) is 8.87. The largest absolute Gasteiger partial charge is 0.326 e. The maximum atomic E-state index is 12.1. The Bertz CT molecular complexity index is 647. The van der Waals surface area contributed by atoms with Crippen LogP contribution in [0.5, 0.6) is 0 Å². The fourth-order valence-electron chi connectivity index (χ4n) is 1.64. The van der Waals surface area contributed by atoms with Gasteiger partial charge in [-0.1, -0.05) is 6.07 Å². The van der Waals surface area contributed by atoms with Gasteiger partial charge >= 0.3 is 0 Å². The molecule has 0 saturated heterocycles. The van der Waals surface area contributed by atoms with E-state index in [2.05, 4.69) is 26.6 Å². The molecule has 0 unspecified atom stereocenters. The molecule has 1 aromatic heterocycles. The predicted octanol–water partition coefficient (Wildman–Crippen LogP) is 4.03. The summed E-state index contributed by atoms with van der Waals surface area (Å²) in [5, 5.41) is 5.49. The Balaban J connectivity index is 2.13. The lowest BCUT2D eigenvalue weighted by Gasteiger charge is -2.06. The number of nitrogens with one attached hydrogen (secondary N) is 2. The van der Waals surface area contributed by atoms with Crippen LogP contribution in [0.25, 0.3) is 0 Å². The Morgan fingerprint density at radius 1 is 1.15 bits per heavy atom. The van der Waals surface area contributed by atoms with Gasteiger partial charge < -0.3 is 10.6 Å². The Hall–Kier alpha value is -1.66. The van der Waals surface area contributed by atoms with Crippen LogP contribution >= 0.6 is 27.3 Å². The van der Waals surface area contributed by atoms with Crippen LogP contribution in [0.3, 0.4) is 0 Å². The highest BCUT2D eigenvalue weighted by atomic mass is 79.9. The highest BCUT2D eigenvalue weighted by Crippen LogP contribution is 2.28. The van der Waals surface area contributed by atoms with Crippen molar-refractivity contribution in [1.29, 1.82) is 0 Å². The van der Waals surface area contributed by atoms with Gasteiger partial charge in [0.05, 0.1) is 8.66 Å². The number of benzene rings is 1. The zero-order chi connectivity index (χ0) is 14.7. The molecule has 0 aliphatic carbocycles. The zero-order valence-corrected chi connectivity index (χ0v) is 13.4. The van der Waals surface area contributed by atoms with Crippen LogP contribution in [0.2, 0.25) is 0 Å². The highest BCUT2D eigenvalue weighted by Gasteiger charge is 2.11. The van der Waals surface area contributed by atoms with Crippen LogP contribution in [0.15, 0.2) is 34.1 Å². The first-order valence-electron chi connectivity index (χ1n) is 5.90. The Morgan fingerprint density at radius 2 is 1.80 bits per heavy atom. The van der Waals surface area contributed by atoms with Gasteiger partial charge in [-0.2, -0.15) is 0 Å². The number of hydrogen-bond acceptors (Lipinski definition) is 3. The number of anilines is 2. The SMILES string of the molecule is CC(=O)Nc1cccc(NC(=O)c2cc(C)c(Br)s2)c1. The lowest BCUT2D eigenvalue weighted by Crippen LogP contribution is -2.11. The minimum absolute atomic E-state index is 0.147. The molecule has 2 rings (SSSR count). The van der Waals surface area contributed by atoms with Gasteiger partial charge in [-0.15, -0.1) is 11.3 Å². The molecule has 1 heterocycles. The number of carbonyl (C=O) groups is 2. The molecular weight excluding hydrogens is 340 g/mol. The van der Waals surface area contributed by atoms with Gasteiger partial charge in [-0.05, 0) is 52.7 Å². The van der Waals surface area contributed by atoms with E-state index >= 15 is 0 Å². The van der Waals surface area contributed by atoms with Crippen LogP contribution in [0.4, 0.5) is 11.4 Å². The van der Waals surface area contributed by atoms with E-state index in [0.29, 0.717) is 16.3 Å². The van der Waals surface area contributed by atoms with Crippen LogP contribution in [-0.4, -0.2) is 11.8 Å². The number of halogens is 1. The second kappa shape index (κ2) is 6.19. The minimum Gasteiger partial charge on any atom is -0.326 e. The summed E-state index contributed by atoms with van der Waals surface area (Å²) in [6.45, 7) is 3.38. The van der Waals surface area contributed by atoms with E-state index in [1.165, 1.54) is 18.3 Å². The van der Waals surface area contributed by atoms with E-state index in [1.54, 1.807) is 24.3 Å². The number of hydrogen-bond donors (Lipinski definition) is 2. The highest BCUT2D eigenvalue weighted by molar-refractivity contribution is 9.11. The maximum absolute atomic E-state index is 12.1. The average Bonchev–Trinajstić information content (AvgIpc) is 2.69. The summed E-state index contributed by atoms with van der Waals surface area (Å²) in [5.41, 5.74) is 2.33. The molecule has 0 aliphatic heterocycles. The van der Waals surface area contributed by atoms with Gasteiger partial charge in [0, 0.05) is 18.3 Å². The molecule has 0 fully saturated rings. The predicted molar refractivity (Wildman–Crippen MR) is 85.5 cm³/mol. The summed E-state index contributed by atoms with van der Waals surface area (Å²) < 4.78 is 0.953. The number of thiophene rings is 1. The first kappa shape index (κ1) is 14.7. The van der Waals surface area contributed by atoms with Gasteiger partial charge in [0.15, 0.2) is 0 Å². The molecule has 0 atom stereocenters. The maximum Gasteiger partial charge on any atom is 0.265 e. The molecule has 104 valence electrons. The molecule has 0 aliphatic rings. The molecule has 4 nitrogen and oxygen atoms in total. The molecule has 0 saturated carbocycles. The first-order valence-corrected chi connectivity index (χ1v) is 7.51. The third-order valence-electron chi connectivity index (χ3n) is 2.52. The van der Waals surface area contributed by atoms with Crippen LogP contribution in [0, 0.1) is 6.92 Å². The van der Waals surface area contributed by atoms with Crippen molar-refractivity contribution in [3.8, 4) is 0 Å². The Labute approximate surface area is 129 Å². The fourth-order valence-corrected chi connectivity index (χ4v) is 3.07. The van der Waals surface area contributed by atoms with Crippen LogP contribution in [0.1, 0.15) is 22.2 Å². The molecule has 0 bridgehead atoms. The molecule has 20 heavy (non-hydrogen) atoms. The monoisotopic (exact) mass is 352 g/mol. The smallest absolute Gasteiger partial charge is 0.265 e. The second-order valence-electron chi connectivity index (χ2n) is 4.28. The van der Waals surface area contributed by atoms with Gasteiger partial charge in [0.25, 0.3) is 5.91 Å². The third kappa shape index (κ3) is 3.68. The van der Waals surface area contributed by atoms with E-state index in [4.69, 9.17) is 0 Å². The summed E-state index contributed by atoms with van der Waals surface area (Å²) in [7, 11) is 0. The molecule has 0 spiro atoms. The van der Waals surface area contributed by atoms with Crippen molar-refractivity contribution in [3.05, 3.63) is 44.6 Å². The van der Waals surface area contributed by atoms with E-state index in [1.807, 2.05) is 13.0 Å². The number of amides is 2. The van der Waals surface area contributed by atoms with Crippen molar-refractivity contribution in [2.75, 3.05) is 10.6 Å². The van der Waals surface area contributed by atoms with Crippen molar-refractivity contribution in [1.82, 2.24) is 0 Å². The third-order valence-corrected chi connectivity index (χ3v) is 4.66. The molecule has 2 N–H and O–H groups in total. The topological polar surface area (TPSA) is 58.2 Å². The van der Waals surface area contributed by atoms with Crippen LogP contribution < -0.4 is 10.6 Å². The lowest BCUT2D eigenvalue weighted by molar-refractivity contribution is -0.114. The summed E-state index contributed by atoms with van der Waals surface area (Å²) in [5.74, 6) is -0.310. The van der Waals surface area contributed by atoms with E-state index in [9.17, 15) is 9.59 Å². The van der Waals surface area contributed by atoms with E-state index in [0.717, 1.165) is 9.35 Å². The number of aryl methyl sites for hydroxylation is 1. The lowest BCUT2D eigenvalue weighted by atomic mass is 10.2. The first-order chi connectivity index (χ1) is 9.45. The van der Waals surface area contributed by atoms with Crippen molar-refractivity contribution >= 4 is 50.5 Å². The normalized spacial score (nSPS) is 10.2. The Morgan fingerprint density at radius 3 is 2.35 bits per heavy atom. The molecule has 2 amide bonds. The Kier molecular flexibility index (Phi) is 4.57. The summed E-state index contributed by atoms with van der Waals surface area (Å²) >= 11 is 4.79. The van der Waals surface area contributed by atoms with Crippen molar-refractivity contribution in [2.24, 2.45) is 0 Å². The van der Waals surface area contributed by atoms with Gasteiger partial charge in [-0.3, -0.25) is 9.59 Å². The van der Waals surface area contributed by atoms with Crippen molar-refractivity contribution < 1.29 is 9.59 Å². The average molecular weight is 353 g/mol. The fraction of sp³-hybridized carbons (Fsp3) is 0.143. The van der Waals surface area contributed by atoms with Crippen LogP contribution in [-0.2, 0) is 4.79 Å². The van der Waals surface area contributed by atoms with Gasteiger partial charge in [0.1, 0.15) is 0 Å². The molecule has 2 aromatic rings. The van der Waals surface area contributed by atoms with E-state index < -0.39 is 0 Å². The molecule has 1 aromatic carbocycles. The standard InChI is InChI=1S/C14H13BrN2O2S/c1-8-6-12(20-13(8)15)14(19)17-11-5-3-4-10(7-11)16-9(2)18/h3-7H,1-2H3,(H,16,18)(H,17,19). The number of carbonyl (C=O) groups excluding carboxylic acids is 2. The number of rotatable bonds is 3. The second-order valence-corrected chi connectivity index (χ2v) is 6.65. The summed E-state index contributed by atoms with van der Waals surface area (Å²) in [4.78, 5) is 23.7. The molecular formula is C14H13BrN2O2S. The zero-order valence-electron chi connectivity index (χ0n) is 11.0. The molecule has 0 radical (unpaired) electrons. The van der Waals surface area contributed by atoms with Crippen molar-refractivity contribution in [2.45, 2.75) is 13.8 Å². The van der Waals surface area contributed by atoms with Crippen molar-refractivity contribution in [3.63, 3.8) is 0 Å². The minimum atomic E-state index is -0.163. The quantitative estimate of drug-likeness (QED) is 0.875. The van der Waals surface area contributed by atoms with Gasteiger partial charge in [-0.25, -0.2) is 0 Å². The molecule has 6 heteroatoms. The van der Waals surface area contributed by atoms with E-state index in [-0.39, 0.29) is 11.8 Å². The summed E-state index contributed by atoms with van der Waals surface area (Å²) in [6.07, 6.45) is 0.